The van der Waals surface area contributed by atoms with Gasteiger partial charge in [-0.05, 0) is 50.8 Å². The van der Waals surface area contributed by atoms with Crippen LogP contribution in [0.25, 0.3) is 15.6 Å². The maximum absolute atomic E-state index is 14.7. The van der Waals surface area contributed by atoms with Crippen LogP contribution in [0.1, 0.15) is 31.0 Å². The molecule has 2 atom stereocenters. The van der Waals surface area contributed by atoms with E-state index in [2.05, 4.69) is 40.1 Å². The predicted octanol–water partition coefficient (Wildman–Crippen LogP) is 5.28. The van der Waals surface area contributed by atoms with E-state index in [-0.39, 0.29) is 35.6 Å². The fraction of sp³-hybridized carbons (Fsp3) is 0.500. The molecule has 258 valence electrons. The van der Waals surface area contributed by atoms with E-state index < -0.39 is 23.6 Å². The lowest BCUT2D eigenvalue weighted by molar-refractivity contribution is -0.143. The number of fused-ring (bicyclic) bond motifs is 2. The Morgan fingerprint density at radius 1 is 1.24 bits per heavy atom. The first-order valence-electron chi connectivity index (χ1n) is 16.7. The first kappa shape index (κ1) is 33.4. The van der Waals surface area contributed by atoms with Crippen LogP contribution in [-0.2, 0) is 22.5 Å². The largest absolute Gasteiger partial charge is 0.463 e. The summed E-state index contributed by atoms with van der Waals surface area (Å²) in [5, 5.41) is 1.57. The summed E-state index contributed by atoms with van der Waals surface area (Å²) in [6.45, 7) is 16.6. The first-order chi connectivity index (χ1) is 23.6. The molecule has 10 nitrogen and oxygen atoms in total. The molecule has 1 aromatic heterocycles. The van der Waals surface area contributed by atoms with Crippen LogP contribution >= 0.6 is 11.6 Å². The van der Waals surface area contributed by atoms with Gasteiger partial charge in [0.25, 0.3) is 5.91 Å². The average Bonchev–Trinajstić information content (AvgIpc) is 3.93. The van der Waals surface area contributed by atoms with Crippen LogP contribution in [0.15, 0.2) is 42.7 Å². The van der Waals surface area contributed by atoms with E-state index >= 15 is 0 Å². The molecule has 0 N–H and O–H groups in total. The zero-order valence-electron chi connectivity index (χ0n) is 27.8. The van der Waals surface area contributed by atoms with E-state index in [0.29, 0.717) is 63.1 Å². The number of benzene rings is 2. The Balaban J connectivity index is 1.24. The van der Waals surface area contributed by atoms with E-state index in [1.54, 1.807) is 6.07 Å². The van der Waals surface area contributed by atoms with Crippen molar-refractivity contribution in [1.82, 2.24) is 19.8 Å². The van der Waals surface area contributed by atoms with Crippen LogP contribution in [0.5, 0.6) is 6.01 Å². The van der Waals surface area contributed by atoms with Crippen molar-refractivity contribution in [3.05, 3.63) is 76.3 Å². The standard InChI is InChI=1S/C36H40ClF2N7O3/c1-22-14-27-29(17-46(22)30-7-5-6-24-8-11-28(39)32(37)31(24)30)41-35(49-21-36(19-48-20-36)18-43(4)25-9-10-25)42-33(27)44-12-13-45(34(47)23(2)38)26(16-44)15-40-3/h5-8,11,22,25-26H,2,9-10,12-21H2,1,4H3/t22-,26+/m1/s1. The Bertz CT molecular complexity index is 1830. The van der Waals surface area contributed by atoms with Gasteiger partial charge in [-0.1, -0.05) is 36.4 Å². The summed E-state index contributed by atoms with van der Waals surface area (Å²) in [6.07, 6.45) is 3.00. The number of piperazine rings is 1. The van der Waals surface area contributed by atoms with Crippen LogP contribution in [0.2, 0.25) is 5.02 Å². The molecule has 3 aromatic rings. The van der Waals surface area contributed by atoms with Crippen molar-refractivity contribution >= 4 is 39.8 Å². The number of amides is 1. The summed E-state index contributed by atoms with van der Waals surface area (Å²) in [5.74, 6) is -1.62. The van der Waals surface area contributed by atoms with Crippen molar-refractivity contribution in [2.75, 3.05) is 69.4 Å². The van der Waals surface area contributed by atoms with Crippen molar-refractivity contribution in [2.24, 2.45) is 5.41 Å². The number of aromatic nitrogens is 2. The molecule has 13 heteroatoms. The molecule has 49 heavy (non-hydrogen) atoms. The van der Waals surface area contributed by atoms with Crippen molar-refractivity contribution in [1.29, 1.82) is 0 Å². The number of ether oxygens (including phenoxy) is 2. The third-order valence-corrected chi connectivity index (χ3v) is 10.7. The topological polar surface area (TPSA) is 78.6 Å². The normalized spacial score (nSPS) is 21.7. The third kappa shape index (κ3) is 6.52. The average molecular weight is 692 g/mol. The molecule has 4 heterocycles. The molecule has 3 fully saturated rings. The molecule has 1 saturated carbocycles. The molecular weight excluding hydrogens is 652 g/mol. The van der Waals surface area contributed by atoms with Crippen molar-refractivity contribution in [2.45, 2.75) is 50.9 Å². The highest BCUT2D eigenvalue weighted by Gasteiger charge is 2.44. The smallest absolute Gasteiger partial charge is 0.318 e. The number of carbonyl (C=O) groups is 1. The third-order valence-electron chi connectivity index (χ3n) is 10.3. The Morgan fingerprint density at radius 3 is 2.73 bits per heavy atom. The van der Waals surface area contributed by atoms with Gasteiger partial charge in [-0.3, -0.25) is 4.79 Å². The lowest BCUT2D eigenvalue weighted by atomic mass is 9.86. The number of rotatable bonds is 10. The molecule has 0 bridgehead atoms. The zero-order valence-corrected chi connectivity index (χ0v) is 28.6. The Labute approximate surface area is 290 Å². The lowest BCUT2D eigenvalue weighted by Crippen LogP contribution is -2.57. The first-order valence-corrected chi connectivity index (χ1v) is 17.1. The van der Waals surface area contributed by atoms with Gasteiger partial charge in [0.15, 0.2) is 5.83 Å². The van der Waals surface area contributed by atoms with Gasteiger partial charge in [-0.2, -0.15) is 9.97 Å². The molecule has 4 aliphatic rings. The highest BCUT2D eigenvalue weighted by Crippen LogP contribution is 2.40. The number of hydrogen-bond donors (Lipinski definition) is 0. The SMILES string of the molecule is [C-]#[N+]C[C@H]1CN(c2nc(OCC3(CN(C)C4CC4)COC3)nc3c2C[C@@H](C)N(c2cccc4ccc(F)c(Cl)c24)C3)CCN1C(=O)C(=C)F. The Kier molecular flexibility index (Phi) is 9.11. The van der Waals surface area contributed by atoms with Gasteiger partial charge in [-0.15, -0.1) is 0 Å². The van der Waals surface area contributed by atoms with Crippen LogP contribution in [0.3, 0.4) is 0 Å². The van der Waals surface area contributed by atoms with Crippen LogP contribution in [0, 0.1) is 17.8 Å². The van der Waals surface area contributed by atoms with Crippen molar-refractivity contribution in [3.63, 3.8) is 0 Å². The number of anilines is 2. The summed E-state index contributed by atoms with van der Waals surface area (Å²) >= 11 is 6.56. The summed E-state index contributed by atoms with van der Waals surface area (Å²) in [7, 11) is 2.15. The van der Waals surface area contributed by atoms with Crippen LogP contribution in [-0.4, -0.2) is 103 Å². The van der Waals surface area contributed by atoms with Gasteiger partial charge in [-0.25, -0.2) is 15.4 Å². The number of carbonyl (C=O) groups excluding carboxylic acids is 1. The molecule has 2 saturated heterocycles. The van der Waals surface area contributed by atoms with Gasteiger partial charge >= 0.3 is 6.01 Å². The summed E-state index contributed by atoms with van der Waals surface area (Å²) in [5.41, 5.74) is 2.36. The number of halogens is 3. The van der Waals surface area contributed by atoms with E-state index in [1.165, 1.54) is 23.8 Å². The van der Waals surface area contributed by atoms with Crippen LogP contribution in [0.4, 0.5) is 20.3 Å². The van der Waals surface area contributed by atoms with E-state index in [0.717, 1.165) is 28.9 Å². The molecule has 0 radical (unpaired) electrons. The summed E-state index contributed by atoms with van der Waals surface area (Å²) in [6, 6.07) is 9.20. The molecule has 3 aliphatic heterocycles. The highest BCUT2D eigenvalue weighted by molar-refractivity contribution is 6.36. The molecule has 1 amide bonds. The van der Waals surface area contributed by atoms with Gasteiger partial charge in [0.05, 0.1) is 35.9 Å². The quantitative estimate of drug-likeness (QED) is 0.210. The second-order valence-corrected chi connectivity index (χ2v) is 14.3. The summed E-state index contributed by atoms with van der Waals surface area (Å²) in [4.78, 5) is 34.2. The number of hydrogen-bond acceptors (Lipinski definition) is 8. The van der Waals surface area contributed by atoms with Crippen molar-refractivity contribution in [3.8, 4) is 6.01 Å². The van der Waals surface area contributed by atoms with E-state index in [9.17, 15) is 13.6 Å². The minimum atomic E-state index is -1.04. The molecule has 7 rings (SSSR count). The minimum absolute atomic E-state index is 0.0196. The van der Waals surface area contributed by atoms with E-state index in [4.69, 9.17) is 37.6 Å². The minimum Gasteiger partial charge on any atom is -0.463 e. The highest BCUT2D eigenvalue weighted by atomic mass is 35.5. The predicted molar refractivity (Wildman–Crippen MR) is 184 cm³/mol. The molecule has 1 aliphatic carbocycles. The molecular formula is C36H40ClF2N7O3. The Hall–Kier alpha value is -4.05. The van der Waals surface area contributed by atoms with Crippen molar-refractivity contribution < 1.29 is 23.0 Å². The monoisotopic (exact) mass is 691 g/mol. The maximum atomic E-state index is 14.7. The lowest BCUT2D eigenvalue weighted by Gasteiger charge is -2.44. The summed E-state index contributed by atoms with van der Waals surface area (Å²) < 4.78 is 40.7. The fourth-order valence-corrected chi connectivity index (χ4v) is 7.74. The Morgan fingerprint density at radius 2 is 2.04 bits per heavy atom. The van der Waals surface area contributed by atoms with E-state index in [1.807, 2.05) is 18.2 Å². The fourth-order valence-electron chi connectivity index (χ4n) is 7.47. The second kappa shape index (κ2) is 13.3. The second-order valence-electron chi connectivity index (χ2n) is 13.9. The molecule has 2 aromatic carbocycles. The zero-order chi connectivity index (χ0) is 34.4. The van der Waals surface area contributed by atoms with Gasteiger partial charge in [0.2, 0.25) is 6.54 Å². The molecule has 0 spiro atoms. The van der Waals surface area contributed by atoms with Gasteiger partial charge in [0.1, 0.15) is 24.3 Å². The van der Waals surface area contributed by atoms with Gasteiger partial charge in [0, 0.05) is 54.9 Å². The van der Waals surface area contributed by atoms with Gasteiger partial charge < -0.3 is 33.9 Å². The van der Waals surface area contributed by atoms with Crippen LogP contribution < -0.4 is 14.5 Å². The maximum Gasteiger partial charge on any atom is 0.318 e. The number of nitrogens with zero attached hydrogens (tertiary/aromatic N) is 7. The molecule has 0 unspecified atom stereocenters.